The molecule has 36 heavy (non-hydrogen) atoms. The maximum absolute atomic E-state index is 12.8. The molecular weight excluding hydrogens is 456 g/mol. The number of para-hydroxylation sites is 1. The van der Waals surface area contributed by atoms with Crippen molar-refractivity contribution in [3.63, 3.8) is 0 Å². The van der Waals surface area contributed by atoms with Gasteiger partial charge in [0, 0.05) is 30.0 Å². The standard InChI is InChI=1S/C28H34N4O4/c1-5-32(6-2)19-20(3)29-27(33)25-17-14-22(18-26(25)35-4)31-28(34)30-21-12-15-24(16-13-21)36-23-10-8-7-9-11-23/h7-18,20H,5-6,19H2,1-4H3,(H,29,33)(H2,30,31,34). The number of hydrogen-bond acceptors (Lipinski definition) is 5. The molecule has 1 atom stereocenters. The number of likely N-dealkylation sites (N-methyl/N-ethyl adjacent to an activating group) is 1. The van der Waals surface area contributed by atoms with Gasteiger partial charge in [-0.05, 0) is 68.5 Å². The van der Waals surface area contributed by atoms with Crippen molar-refractivity contribution in [3.05, 3.63) is 78.4 Å². The molecular formula is C28H34N4O4. The molecule has 8 nitrogen and oxygen atoms in total. The van der Waals surface area contributed by atoms with Gasteiger partial charge in [0.15, 0.2) is 0 Å². The minimum absolute atomic E-state index is 0.0184. The van der Waals surface area contributed by atoms with Gasteiger partial charge in [0.2, 0.25) is 0 Å². The average molecular weight is 491 g/mol. The van der Waals surface area contributed by atoms with Gasteiger partial charge in [0.25, 0.3) is 5.91 Å². The molecule has 0 radical (unpaired) electrons. The summed E-state index contributed by atoms with van der Waals surface area (Å²) in [4.78, 5) is 27.5. The van der Waals surface area contributed by atoms with Crippen molar-refractivity contribution in [1.82, 2.24) is 10.2 Å². The third-order valence-electron chi connectivity index (χ3n) is 5.60. The fourth-order valence-corrected chi connectivity index (χ4v) is 3.70. The quantitative estimate of drug-likeness (QED) is 0.326. The topological polar surface area (TPSA) is 91.9 Å². The maximum Gasteiger partial charge on any atom is 0.323 e. The molecule has 0 heterocycles. The van der Waals surface area contributed by atoms with Gasteiger partial charge in [-0.25, -0.2) is 4.79 Å². The number of carbonyl (C=O) groups excluding carboxylic acids is 2. The Balaban J connectivity index is 1.57. The first-order valence-corrected chi connectivity index (χ1v) is 12.0. The van der Waals surface area contributed by atoms with Crippen LogP contribution in [0.1, 0.15) is 31.1 Å². The van der Waals surface area contributed by atoms with Crippen molar-refractivity contribution in [3.8, 4) is 17.2 Å². The summed E-state index contributed by atoms with van der Waals surface area (Å²) < 4.78 is 11.2. The summed E-state index contributed by atoms with van der Waals surface area (Å²) in [5.41, 5.74) is 1.52. The average Bonchev–Trinajstić information content (AvgIpc) is 2.88. The summed E-state index contributed by atoms with van der Waals surface area (Å²) in [6.07, 6.45) is 0. The summed E-state index contributed by atoms with van der Waals surface area (Å²) in [5.74, 6) is 1.56. The lowest BCUT2D eigenvalue weighted by Crippen LogP contribution is -2.42. The van der Waals surface area contributed by atoms with Crippen LogP contribution in [0.5, 0.6) is 17.2 Å². The van der Waals surface area contributed by atoms with E-state index in [0.717, 1.165) is 25.4 Å². The molecule has 8 heteroatoms. The normalized spacial score (nSPS) is 11.5. The number of carbonyl (C=O) groups is 2. The molecule has 3 rings (SSSR count). The highest BCUT2D eigenvalue weighted by atomic mass is 16.5. The smallest absolute Gasteiger partial charge is 0.323 e. The zero-order valence-corrected chi connectivity index (χ0v) is 21.2. The number of anilines is 2. The first kappa shape index (κ1) is 26.6. The van der Waals surface area contributed by atoms with Gasteiger partial charge >= 0.3 is 6.03 Å². The molecule has 0 aliphatic carbocycles. The lowest BCUT2D eigenvalue weighted by Gasteiger charge is -2.23. The number of nitrogens with one attached hydrogen (secondary N) is 3. The van der Waals surface area contributed by atoms with Crippen molar-refractivity contribution in [1.29, 1.82) is 0 Å². The highest BCUT2D eigenvalue weighted by Gasteiger charge is 2.17. The summed E-state index contributed by atoms with van der Waals surface area (Å²) in [5, 5.41) is 8.56. The van der Waals surface area contributed by atoms with E-state index in [4.69, 9.17) is 9.47 Å². The van der Waals surface area contributed by atoms with E-state index in [1.165, 1.54) is 7.11 Å². The Morgan fingerprint density at radius 3 is 2.11 bits per heavy atom. The van der Waals surface area contributed by atoms with E-state index in [2.05, 4.69) is 34.7 Å². The van der Waals surface area contributed by atoms with E-state index in [1.54, 1.807) is 42.5 Å². The monoisotopic (exact) mass is 490 g/mol. The lowest BCUT2D eigenvalue weighted by atomic mass is 10.1. The highest BCUT2D eigenvalue weighted by molar-refractivity contribution is 6.01. The molecule has 3 aromatic rings. The zero-order chi connectivity index (χ0) is 25.9. The molecule has 0 aliphatic heterocycles. The van der Waals surface area contributed by atoms with Crippen LogP contribution in [-0.2, 0) is 0 Å². The number of urea groups is 1. The van der Waals surface area contributed by atoms with Gasteiger partial charge in [0.05, 0.1) is 12.7 Å². The number of rotatable bonds is 11. The van der Waals surface area contributed by atoms with E-state index >= 15 is 0 Å². The summed E-state index contributed by atoms with van der Waals surface area (Å²) in [7, 11) is 1.49. The predicted molar refractivity (Wildman–Crippen MR) is 143 cm³/mol. The lowest BCUT2D eigenvalue weighted by molar-refractivity contribution is 0.0927. The van der Waals surface area contributed by atoms with Gasteiger partial charge < -0.3 is 30.3 Å². The fourth-order valence-electron chi connectivity index (χ4n) is 3.70. The molecule has 3 amide bonds. The minimum Gasteiger partial charge on any atom is -0.496 e. The number of methoxy groups -OCH3 is 1. The molecule has 0 fully saturated rings. The van der Waals surface area contributed by atoms with Crippen molar-refractivity contribution in [2.75, 3.05) is 37.4 Å². The Bertz CT molecular complexity index is 1130. The molecule has 0 aromatic heterocycles. The molecule has 0 saturated heterocycles. The highest BCUT2D eigenvalue weighted by Crippen LogP contribution is 2.25. The Morgan fingerprint density at radius 1 is 0.861 bits per heavy atom. The van der Waals surface area contributed by atoms with Crippen molar-refractivity contribution >= 4 is 23.3 Å². The maximum atomic E-state index is 12.8. The molecule has 0 spiro atoms. The molecule has 0 saturated carbocycles. The van der Waals surface area contributed by atoms with E-state index in [0.29, 0.717) is 28.4 Å². The summed E-state index contributed by atoms with van der Waals surface area (Å²) >= 11 is 0. The van der Waals surface area contributed by atoms with Crippen molar-refractivity contribution < 1.29 is 19.1 Å². The molecule has 3 N–H and O–H groups in total. The van der Waals surface area contributed by atoms with Crippen molar-refractivity contribution in [2.24, 2.45) is 0 Å². The third-order valence-corrected chi connectivity index (χ3v) is 5.60. The number of benzene rings is 3. The SMILES string of the molecule is CCN(CC)CC(C)NC(=O)c1ccc(NC(=O)Nc2ccc(Oc3ccccc3)cc2)cc1OC. The van der Waals surface area contributed by atoms with Crippen LogP contribution in [0.3, 0.4) is 0 Å². The number of ether oxygens (including phenoxy) is 2. The van der Waals surface area contributed by atoms with Crippen LogP contribution in [0.2, 0.25) is 0 Å². The van der Waals surface area contributed by atoms with E-state index in [-0.39, 0.29) is 11.9 Å². The molecule has 0 bridgehead atoms. The van der Waals surface area contributed by atoms with Gasteiger partial charge in [-0.1, -0.05) is 32.0 Å². The van der Waals surface area contributed by atoms with Crippen LogP contribution in [0.25, 0.3) is 0 Å². The Kier molecular flexibility index (Phi) is 9.71. The summed E-state index contributed by atoms with van der Waals surface area (Å²) in [6.45, 7) is 8.78. The van der Waals surface area contributed by atoms with Gasteiger partial charge in [-0.15, -0.1) is 0 Å². The van der Waals surface area contributed by atoms with Crippen LogP contribution in [-0.4, -0.2) is 49.6 Å². The van der Waals surface area contributed by atoms with E-state index in [9.17, 15) is 9.59 Å². The van der Waals surface area contributed by atoms with Crippen molar-refractivity contribution in [2.45, 2.75) is 26.8 Å². The Hall–Kier alpha value is -4.04. The second-order valence-corrected chi connectivity index (χ2v) is 8.29. The Labute approximate surface area is 212 Å². The van der Waals surface area contributed by atoms with Gasteiger partial charge in [0.1, 0.15) is 17.2 Å². The van der Waals surface area contributed by atoms with Crippen LogP contribution in [0.15, 0.2) is 72.8 Å². The first-order valence-electron chi connectivity index (χ1n) is 12.0. The van der Waals surface area contributed by atoms with Crippen LogP contribution in [0, 0.1) is 0 Å². The molecule has 1 unspecified atom stereocenters. The minimum atomic E-state index is -0.418. The van der Waals surface area contributed by atoms with Gasteiger partial charge in [-0.2, -0.15) is 0 Å². The molecule has 3 aromatic carbocycles. The second-order valence-electron chi connectivity index (χ2n) is 8.29. The van der Waals surface area contributed by atoms with Crippen LogP contribution >= 0.6 is 0 Å². The molecule has 0 aliphatic rings. The largest absolute Gasteiger partial charge is 0.496 e. The molecule has 190 valence electrons. The fraction of sp³-hybridized carbons (Fsp3) is 0.286. The number of nitrogens with zero attached hydrogens (tertiary/aromatic N) is 1. The van der Waals surface area contributed by atoms with Crippen LogP contribution in [0.4, 0.5) is 16.2 Å². The third kappa shape index (κ3) is 7.74. The van der Waals surface area contributed by atoms with E-state index in [1.807, 2.05) is 37.3 Å². The van der Waals surface area contributed by atoms with E-state index < -0.39 is 6.03 Å². The number of hydrogen-bond donors (Lipinski definition) is 3. The second kappa shape index (κ2) is 13.2. The number of amides is 3. The van der Waals surface area contributed by atoms with Gasteiger partial charge in [-0.3, -0.25) is 4.79 Å². The van der Waals surface area contributed by atoms with Crippen LogP contribution < -0.4 is 25.4 Å². The summed E-state index contributed by atoms with van der Waals surface area (Å²) in [6, 6.07) is 21.0. The Morgan fingerprint density at radius 2 is 1.47 bits per heavy atom. The first-order chi connectivity index (χ1) is 17.4. The predicted octanol–water partition coefficient (Wildman–Crippen LogP) is 5.59. The zero-order valence-electron chi connectivity index (χ0n) is 21.2.